The van der Waals surface area contributed by atoms with E-state index in [0.29, 0.717) is 11.6 Å². The summed E-state index contributed by atoms with van der Waals surface area (Å²) in [4.78, 5) is 8.44. The average molecular weight is 322 g/mol. The van der Waals surface area contributed by atoms with E-state index in [0.717, 1.165) is 43.0 Å². The average Bonchev–Trinajstić information content (AvgIpc) is 3.02. The van der Waals surface area contributed by atoms with Gasteiger partial charge < -0.3 is 10.6 Å². The number of hydrogen-bond acceptors (Lipinski definition) is 5. The van der Waals surface area contributed by atoms with Crippen molar-refractivity contribution in [2.45, 2.75) is 39.2 Å². The summed E-state index contributed by atoms with van der Waals surface area (Å²) < 4.78 is 25.3. The van der Waals surface area contributed by atoms with E-state index in [2.05, 4.69) is 37.7 Å². The quantitative estimate of drug-likeness (QED) is 0.788. The molecule has 0 aliphatic carbocycles. The third kappa shape index (κ3) is 3.31. The Morgan fingerprint density at radius 3 is 2.91 bits per heavy atom. The van der Waals surface area contributed by atoms with Gasteiger partial charge in [-0.05, 0) is 37.9 Å². The number of halogens is 2. The van der Waals surface area contributed by atoms with Crippen molar-refractivity contribution in [1.29, 1.82) is 0 Å². The SMILES string of the molecule is CCNCC1CCc2cc(-c3n[nH]c(C(F)F)n3)c(C)nc2N1. The molecule has 0 fully saturated rings. The summed E-state index contributed by atoms with van der Waals surface area (Å²) in [5, 5.41) is 12.9. The maximum absolute atomic E-state index is 12.6. The van der Waals surface area contributed by atoms with Crippen LogP contribution in [0.15, 0.2) is 6.07 Å². The van der Waals surface area contributed by atoms with Crippen molar-refractivity contribution >= 4 is 5.82 Å². The van der Waals surface area contributed by atoms with Crippen molar-refractivity contribution in [1.82, 2.24) is 25.5 Å². The van der Waals surface area contributed by atoms with E-state index in [-0.39, 0.29) is 5.82 Å². The van der Waals surface area contributed by atoms with Crippen LogP contribution in [-0.4, -0.2) is 39.3 Å². The summed E-state index contributed by atoms with van der Waals surface area (Å²) in [6.45, 7) is 5.75. The molecule has 1 aliphatic rings. The Bertz CT molecular complexity index is 685. The van der Waals surface area contributed by atoms with Gasteiger partial charge >= 0.3 is 0 Å². The number of aryl methyl sites for hydroxylation is 2. The topological polar surface area (TPSA) is 78.5 Å². The van der Waals surface area contributed by atoms with E-state index in [9.17, 15) is 8.78 Å². The van der Waals surface area contributed by atoms with Gasteiger partial charge in [-0.15, -0.1) is 0 Å². The van der Waals surface area contributed by atoms with E-state index in [1.54, 1.807) is 0 Å². The fourth-order valence-electron chi connectivity index (χ4n) is 2.75. The highest BCUT2D eigenvalue weighted by Crippen LogP contribution is 2.29. The molecule has 3 N–H and O–H groups in total. The molecule has 0 bridgehead atoms. The molecule has 8 heteroatoms. The summed E-state index contributed by atoms with van der Waals surface area (Å²) in [5.41, 5.74) is 2.49. The molecule has 0 saturated carbocycles. The first kappa shape index (κ1) is 15.8. The molecule has 0 saturated heterocycles. The molecule has 23 heavy (non-hydrogen) atoms. The fraction of sp³-hybridized carbons (Fsp3) is 0.533. The molecule has 6 nitrogen and oxygen atoms in total. The molecule has 3 heterocycles. The highest BCUT2D eigenvalue weighted by Gasteiger charge is 2.22. The number of nitrogens with one attached hydrogen (secondary N) is 3. The van der Waals surface area contributed by atoms with Crippen LogP contribution < -0.4 is 10.6 Å². The summed E-state index contributed by atoms with van der Waals surface area (Å²) >= 11 is 0. The number of alkyl halides is 2. The molecular weight excluding hydrogens is 302 g/mol. The van der Waals surface area contributed by atoms with Gasteiger partial charge in [-0.25, -0.2) is 18.7 Å². The Labute approximate surface area is 133 Å². The number of likely N-dealkylation sites (N-methyl/N-ethyl adjacent to an activating group) is 1. The summed E-state index contributed by atoms with van der Waals surface area (Å²) in [5.74, 6) is 0.717. The first-order valence-electron chi connectivity index (χ1n) is 7.77. The largest absolute Gasteiger partial charge is 0.366 e. The first-order chi connectivity index (χ1) is 11.1. The zero-order valence-corrected chi connectivity index (χ0v) is 13.2. The van der Waals surface area contributed by atoms with Crippen LogP contribution in [0.1, 0.15) is 36.9 Å². The molecule has 124 valence electrons. The number of fused-ring (bicyclic) bond motifs is 1. The summed E-state index contributed by atoms with van der Waals surface area (Å²) in [6.07, 6.45) is -0.763. The van der Waals surface area contributed by atoms with Crippen LogP contribution in [0.4, 0.5) is 14.6 Å². The lowest BCUT2D eigenvalue weighted by Gasteiger charge is -2.27. The number of pyridine rings is 1. The minimum Gasteiger partial charge on any atom is -0.366 e. The zero-order chi connectivity index (χ0) is 16.4. The molecule has 2 aromatic rings. The van der Waals surface area contributed by atoms with Crippen LogP contribution in [0.5, 0.6) is 0 Å². The highest BCUT2D eigenvalue weighted by atomic mass is 19.3. The standard InChI is InChI=1S/C15H20F2N6/c1-3-18-7-10-5-4-9-6-11(8(2)19-13(9)20-10)14-21-15(12(16)17)23-22-14/h6,10,12,18H,3-5,7H2,1-2H3,(H,19,20)(H,21,22,23). The number of hydrogen-bond donors (Lipinski definition) is 3. The minimum absolute atomic E-state index is 0.267. The van der Waals surface area contributed by atoms with E-state index >= 15 is 0 Å². The van der Waals surface area contributed by atoms with Crippen molar-refractivity contribution in [2.24, 2.45) is 0 Å². The molecular formula is C15H20F2N6. The minimum atomic E-state index is -2.66. The molecule has 3 rings (SSSR count). The normalized spacial score (nSPS) is 17.2. The second kappa shape index (κ2) is 6.57. The first-order valence-corrected chi connectivity index (χ1v) is 7.77. The van der Waals surface area contributed by atoms with Crippen molar-refractivity contribution < 1.29 is 8.78 Å². The van der Waals surface area contributed by atoms with E-state index in [4.69, 9.17) is 0 Å². The smallest absolute Gasteiger partial charge is 0.296 e. The van der Waals surface area contributed by atoms with Gasteiger partial charge in [0.25, 0.3) is 6.43 Å². The number of nitrogens with zero attached hydrogens (tertiary/aromatic N) is 3. The number of aromatic amines is 1. The number of H-pyrrole nitrogens is 1. The van der Waals surface area contributed by atoms with Gasteiger partial charge in [0.2, 0.25) is 0 Å². The van der Waals surface area contributed by atoms with Gasteiger partial charge in [-0.2, -0.15) is 5.10 Å². The Morgan fingerprint density at radius 2 is 2.22 bits per heavy atom. The third-order valence-electron chi connectivity index (χ3n) is 3.99. The second-order valence-electron chi connectivity index (χ2n) is 5.66. The monoisotopic (exact) mass is 322 g/mol. The van der Waals surface area contributed by atoms with Crippen molar-refractivity contribution in [3.63, 3.8) is 0 Å². The van der Waals surface area contributed by atoms with Gasteiger partial charge in [-0.1, -0.05) is 6.92 Å². The maximum atomic E-state index is 12.6. The molecule has 1 aliphatic heterocycles. The van der Waals surface area contributed by atoms with Crippen molar-refractivity contribution in [3.05, 3.63) is 23.1 Å². The molecule has 0 spiro atoms. The van der Waals surface area contributed by atoms with Crippen LogP contribution in [0.25, 0.3) is 11.4 Å². The van der Waals surface area contributed by atoms with Gasteiger partial charge in [-0.3, -0.25) is 5.10 Å². The lowest BCUT2D eigenvalue weighted by molar-refractivity contribution is 0.141. The predicted molar refractivity (Wildman–Crippen MR) is 83.6 cm³/mol. The lowest BCUT2D eigenvalue weighted by Crippen LogP contribution is -2.36. The fourth-order valence-corrected chi connectivity index (χ4v) is 2.75. The van der Waals surface area contributed by atoms with Crippen molar-refractivity contribution in [2.75, 3.05) is 18.4 Å². The zero-order valence-electron chi connectivity index (χ0n) is 13.2. The van der Waals surface area contributed by atoms with Gasteiger partial charge in [0.05, 0.1) is 5.69 Å². The second-order valence-corrected chi connectivity index (χ2v) is 5.66. The van der Waals surface area contributed by atoms with Crippen LogP contribution in [0, 0.1) is 6.92 Å². The van der Waals surface area contributed by atoms with Crippen LogP contribution in [0.3, 0.4) is 0 Å². The van der Waals surface area contributed by atoms with E-state index in [1.165, 1.54) is 0 Å². The molecule has 2 aromatic heterocycles. The Morgan fingerprint density at radius 1 is 1.39 bits per heavy atom. The molecule has 1 unspecified atom stereocenters. The Balaban J connectivity index is 1.85. The molecule has 0 amide bonds. The van der Waals surface area contributed by atoms with Crippen LogP contribution >= 0.6 is 0 Å². The van der Waals surface area contributed by atoms with Crippen LogP contribution in [0.2, 0.25) is 0 Å². The molecule has 0 radical (unpaired) electrons. The Kier molecular flexibility index (Phi) is 4.51. The van der Waals surface area contributed by atoms with E-state index in [1.807, 2.05) is 13.0 Å². The highest BCUT2D eigenvalue weighted by molar-refractivity contribution is 5.64. The number of aromatic nitrogens is 4. The molecule has 1 atom stereocenters. The summed E-state index contributed by atoms with van der Waals surface area (Å²) in [7, 11) is 0. The van der Waals surface area contributed by atoms with Gasteiger partial charge in [0.15, 0.2) is 11.6 Å². The maximum Gasteiger partial charge on any atom is 0.296 e. The van der Waals surface area contributed by atoms with Crippen LogP contribution in [-0.2, 0) is 6.42 Å². The molecule has 0 aromatic carbocycles. The lowest BCUT2D eigenvalue weighted by atomic mass is 9.98. The third-order valence-corrected chi connectivity index (χ3v) is 3.99. The van der Waals surface area contributed by atoms with Crippen molar-refractivity contribution in [3.8, 4) is 11.4 Å². The van der Waals surface area contributed by atoms with Gasteiger partial charge in [0, 0.05) is 18.2 Å². The number of anilines is 1. The predicted octanol–water partition coefficient (Wildman–Crippen LogP) is 2.45. The van der Waals surface area contributed by atoms with Gasteiger partial charge in [0.1, 0.15) is 5.82 Å². The summed E-state index contributed by atoms with van der Waals surface area (Å²) in [6, 6.07) is 2.31. The van der Waals surface area contributed by atoms with E-state index < -0.39 is 12.2 Å². The number of rotatable bonds is 5. The Hall–Kier alpha value is -2.09.